The highest BCUT2D eigenvalue weighted by molar-refractivity contribution is 6.27. The zero-order chi connectivity index (χ0) is 11.9. The fourth-order valence-electron chi connectivity index (χ4n) is 1.46. The second kappa shape index (κ2) is 7.43. The molecule has 4 heteroatoms. The zero-order valence-corrected chi connectivity index (χ0v) is 12.4. The topological polar surface area (TPSA) is 31.0 Å². The van der Waals surface area contributed by atoms with Crippen molar-refractivity contribution in [3.63, 3.8) is 0 Å². The van der Waals surface area contributed by atoms with Crippen LogP contribution in [0.3, 0.4) is 0 Å². The summed E-state index contributed by atoms with van der Waals surface area (Å²) in [5.74, 6) is 0. The summed E-state index contributed by atoms with van der Waals surface area (Å²) >= 11 is 0. The lowest BCUT2D eigenvalue weighted by Crippen LogP contribution is -2.28. The van der Waals surface area contributed by atoms with Gasteiger partial charge >= 0.3 is 0 Å². The molecule has 0 bridgehead atoms. The third-order valence-corrected chi connectivity index (χ3v) is 5.03. The number of hydrogen-bond donors (Lipinski definition) is 0. The Morgan fingerprint density at radius 2 is 2.06 bits per heavy atom. The van der Waals surface area contributed by atoms with E-state index in [-0.39, 0.29) is 15.4 Å². The Bertz CT molecular complexity index is 179. The van der Waals surface area contributed by atoms with Crippen LogP contribution in [0.1, 0.15) is 40.0 Å². The van der Waals surface area contributed by atoms with Gasteiger partial charge in [-0.2, -0.15) is 0 Å². The SMILES string of the molecule is CCC(C)(CC)O[SiH2]CCCOCC1CO1. The smallest absolute Gasteiger partial charge is 0.162 e. The number of ether oxygens (including phenoxy) is 2. The maximum Gasteiger partial charge on any atom is 0.162 e. The minimum atomic E-state index is -0.358. The summed E-state index contributed by atoms with van der Waals surface area (Å²) in [6, 6.07) is 1.22. The van der Waals surface area contributed by atoms with Gasteiger partial charge in [-0.3, -0.25) is 0 Å². The van der Waals surface area contributed by atoms with Gasteiger partial charge in [-0.1, -0.05) is 13.8 Å². The maximum atomic E-state index is 6.03. The second-order valence-corrected chi connectivity index (χ2v) is 6.15. The molecular weight excluding hydrogens is 220 g/mol. The van der Waals surface area contributed by atoms with Crippen LogP contribution in [0.2, 0.25) is 6.04 Å². The van der Waals surface area contributed by atoms with Crippen molar-refractivity contribution in [2.75, 3.05) is 19.8 Å². The highest BCUT2D eigenvalue weighted by Gasteiger charge is 2.22. The van der Waals surface area contributed by atoms with Gasteiger partial charge in [0.25, 0.3) is 0 Å². The third-order valence-electron chi connectivity index (χ3n) is 3.34. The molecule has 0 aromatic rings. The summed E-state index contributed by atoms with van der Waals surface area (Å²) in [5.41, 5.74) is 0.134. The number of hydrogen-bond acceptors (Lipinski definition) is 3. The largest absolute Gasteiger partial charge is 0.419 e. The van der Waals surface area contributed by atoms with Crippen LogP contribution >= 0.6 is 0 Å². The molecule has 1 atom stereocenters. The Hall–Kier alpha value is 0.0969. The molecule has 1 heterocycles. The van der Waals surface area contributed by atoms with Crippen molar-refractivity contribution in [2.24, 2.45) is 0 Å². The predicted octanol–water partition coefficient (Wildman–Crippen LogP) is 1.89. The molecular formula is C12H26O3Si. The molecule has 0 aromatic heterocycles. The van der Waals surface area contributed by atoms with Gasteiger partial charge in [-0.25, -0.2) is 0 Å². The molecule has 0 radical (unpaired) electrons. The van der Waals surface area contributed by atoms with Crippen LogP contribution in [0.4, 0.5) is 0 Å². The molecule has 0 saturated carbocycles. The van der Waals surface area contributed by atoms with Gasteiger partial charge in [0.1, 0.15) is 6.10 Å². The Labute approximate surface area is 102 Å². The van der Waals surface area contributed by atoms with Gasteiger partial charge < -0.3 is 13.9 Å². The lowest BCUT2D eigenvalue weighted by Gasteiger charge is -2.27. The van der Waals surface area contributed by atoms with Crippen molar-refractivity contribution in [2.45, 2.75) is 57.8 Å². The van der Waals surface area contributed by atoms with E-state index in [0.717, 1.165) is 39.1 Å². The lowest BCUT2D eigenvalue weighted by molar-refractivity contribution is 0.0830. The third kappa shape index (κ3) is 5.99. The van der Waals surface area contributed by atoms with Crippen LogP contribution in [-0.4, -0.2) is 41.3 Å². The Kier molecular flexibility index (Phi) is 6.57. The van der Waals surface area contributed by atoms with Crippen molar-refractivity contribution in [1.29, 1.82) is 0 Å². The van der Waals surface area contributed by atoms with Gasteiger partial charge in [0.2, 0.25) is 0 Å². The quantitative estimate of drug-likeness (QED) is 0.335. The van der Waals surface area contributed by atoms with Gasteiger partial charge in [-0.15, -0.1) is 0 Å². The van der Waals surface area contributed by atoms with E-state index >= 15 is 0 Å². The minimum absolute atomic E-state index is 0.134. The number of rotatable bonds is 10. The van der Waals surface area contributed by atoms with Crippen molar-refractivity contribution < 1.29 is 13.9 Å². The molecule has 1 aliphatic rings. The molecule has 0 aliphatic carbocycles. The first kappa shape index (κ1) is 14.2. The Morgan fingerprint density at radius 1 is 1.38 bits per heavy atom. The molecule has 0 aromatic carbocycles. The number of epoxide rings is 1. The van der Waals surface area contributed by atoms with E-state index in [9.17, 15) is 0 Å². The summed E-state index contributed by atoms with van der Waals surface area (Å²) in [6.07, 6.45) is 3.78. The molecule has 3 nitrogen and oxygen atoms in total. The molecule has 96 valence electrons. The standard InChI is InChI=1S/C12H26O3Si/c1-4-12(3,5-2)15-16-8-6-7-13-9-11-10-14-11/h11H,4-10,16H2,1-3H3. The first-order valence-corrected chi connectivity index (χ1v) is 8.11. The first-order chi connectivity index (χ1) is 7.70. The Balaban J connectivity index is 1.86. The van der Waals surface area contributed by atoms with E-state index in [2.05, 4.69) is 20.8 Å². The predicted molar refractivity (Wildman–Crippen MR) is 68.6 cm³/mol. The summed E-state index contributed by atoms with van der Waals surface area (Å²) in [6.45, 7) is 9.17. The summed E-state index contributed by atoms with van der Waals surface area (Å²) < 4.78 is 16.6. The van der Waals surface area contributed by atoms with E-state index in [4.69, 9.17) is 13.9 Å². The molecule has 1 unspecified atom stereocenters. The van der Waals surface area contributed by atoms with Crippen LogP contribution in [0, 0.1) is 0 Å². The summed E-state index contributed by atoms with van der Waals surface area (Å²) in [4.78, 5) is 0. The summed E-state index contributed by atoms with van der Waals surface area (Å²) in [7, 11) is -0.358. The first-order valence-electron chi connectivity index (χ1n) is 6.53. The van der Waals surface area contributed by atoms with Crippen LogP contribution in [0.15, 0.2) is 0 Å². The average Bonchev–Trinajstić information content (AvgIpc) is 3.11. The van der Waals surface area contributed by atoms with Crippen LogP contribution in [-0.2, 0) is 13.9 Å². The minimum Gasteiger partial charge on any atom is -0.419 e. The van der Waals surface area contributed by atoms with Crippen molar-refractivity contribution in [1.82, 2.24) is 0 Å². The second-order valence-electron chi connectivity index (χ2n) is 4.74. The lowest BCUT2D eigenvalue weighted by atomic mass is 10.0. The molecule has 0 spiro atoms. The molecule has 0 amide bonds. The highest BCUT2D eigenvalue weighted by Crippen LogP contribution is 2.18. The van der Waals surface area contributed by atoms with Crippen LogP contribution in [0.5, 0.6) is 0 Å². The highest BCUT2D eigenvalue weighted by atomic mass is 28.2. The summed E-state index contributed by atoms with van der Waals surface area (Å²) in [5, 5.41) is 0. The van der Waals surface area contributed by atoms with Crippen LogP contribution in [0.25, 0.3) is 0 Å². The van der Waals surface area contributed by atoms with Gasteiger partial charge in [-0.05, 0) is 32.2 Å². The average molecular weight is 246 g/mol. The van der Waals surface area contributed by atoms with Crippen molar-refractivity contribution in [3.05, 3.63) is 0 Å². The fraction of sp³-hybridized carbons (Fsp3) is 1.00. The van der Waals surface area contributed by atoms with E-state index < -0.39 is 0 Å². The molecule has 1 fully saturated rings. The van der Waals surface area contributed by atoms with E-state index in [1.807, 2.05) is 0 Å². The van der Waals surface area contributed by atoms with Crippen LogP contribution < -0.4 is 0 Å². The molecule has 16 heavy (non-hydrogen) atoms. The monoisotopic (exact) mass is 246 g/mol. The fourth-order valence-corrected chi connectivity index (χ4v) is 2.91. The van der Waals surface area contributed by atoms with Crippen molar-refractivity contribution in [3.8, 4) is 0 Å². The Morgan fingerprint density at radius 3 is 2.62 bits per heavy atom. The van der Waals surface area contributed by atoms with Gasteiger partial charge in [0.15, 0.2) is 9.76 Å². The zero-order valence-electron chi connectivity index (χ0n) is 11.0. The van der Waals surface area contributed by atoms with E-state index in [1.54, 1.807) is 0 Å². The molecule has 0 N–H and O–H groups in total. The maximum absolute atomic E-state index is 6.03. The molecule has 1 saturated heterocycles. The van der Waals surface area contributed by atoms with Gasteiger partial charge in [0.05, 0.1) is 18.8 Å². The van der Waals surface area contributed by atoms with Crippen molar-refractivity contribution >= 4 is 9.76 Å². The molecule has 1 rings (SSSR count). The normalized spacial score (nSPS) is 20.8. The molecule has 1 aliphatic heterocycles. The van der Waals surface area contributed by atoms with E-state index in [0.29, 0.717) is 6.10 Å². The van der Waals surface area contributed by atoms with E-state index in [1.165, 1.54) is 6.04 Å². The van der Waals surface area contributed by atoms with Gasteiger partial charge in [0, 0.05) is 6.61 Å².